The topological polar surface area (TPSA) is 0 Å². The van der Waals surface area contributed by atoms with E-state index in [1.165, 1.54) is 22.9 Å². The van der Waals surface area contributed by atoms with Gasteiger partial charge in [0.05, 0.1) is 5.56 Å². The maximum atomic E-state index is 14.2. The Labute approximate surface area is 259 Å². The summed E-state index contributed by atoms with van der Waals surface area (Å²) in [6, 6.07) is 47.8. The van der Waals surface area contributed by atoms with Gasteiger partial charge in [0, 0.05) is 0 Å². The number of alkyl halides is 3. The Morgan fingerprint density at radius 2 is 1.00 bits per heavy atom. The zero-order chi connectivity index (χ0) is 30.7. The first-order valence-corrected chi connectivity index (χ1v) is 15.0. The molecule has 8 aromatic carbocycles. The van der Waals surface area contributed by atoms with Gasteiger partial charge in [0.25, 0.3) is 0 Å². The second-order valence-electron chi connectivity index (χ2n) is 11.7. The molecule has 0 nitrogen and oxygen atoms in total. The molecule has 0 aliphatic heterocycles. The lowest BCUT2D eigenvalue weighted by Gasteiger charge is -2.20. The molecule has 0 N–H and O–H groups in total. The summed E-state index contributed by atoms with van der Waals surface area (Å²) in [5.74, 6) is 0. The molecule has 45 heavy (non-hydrogen) atoms. The van der Waals surface area contributed by atoms with Crippen molar-refractivity contribution in [3.05, 3.63) is 157 Å². The van der Waals surface area contributed by atoms with Crippen molar-refractivity contribution >= 4 is 43.1 Å². The van der Waals surface area contributed by atoms with Crippen LogP contribution in [0, 0.1) is 6.92 Å². The van der Waals surface area contributed by atoms with Gasteiger partial charge in [0.2, 0.25) is 0 Å². The average Bonchev–Trinajstić information content (AvgIpc) is 3.06. The lowest BCUT2D eigenvalue weighted by molar-refractivity contribution is -0.137. The molecule has 0 radical (unpaired) electrons. The smallest absolute Gasteiger partial charge is 0.166 e. The molecule has 8 aromatic rings. The molecule has 0 unspecified atom stereocenters. The predicted octanol–water partition coefficient (Wildman–Crippen LogP) is 12.6. The van der Waals surface area contributed by atoms with Gasteiger partial charge in [0.15, 0.2) is 0 Å². The van der Waals surface area contributed by atoms with E-state index in [9.17, 15) is 13.2 Å². The first-order chi connectivity index (χ1) is 21.8. The highest BCUT2D eigenvalue weighted by Crippen LogP contribution is 2.46. The van der Waals surface area contributed by atoms with E-state index < -0.39 is 11.7 Å². The molecule has 0 aliphatic carbocycles. The van der Waals surface area contributed by atoms with Crippen molar-refractivity contribution in [3.8, 4) is 33.4 Å². The van der Waals surface area contributed by atoms with Crippen LogP contribution in [0.5, 0.6) is 0 Å². The van der Waals surface area contributed by atoms with Crippen molar-refractivity contribution in [1.82, 2.24) is 0 Å². The van der Waals surface area contributed by atoms with Gasteiger partial charge in [-0.25, -0.2) is 0 Å². The molecule has 0 fully saturated rings. The van der Waals surface area contributed by atoms with E-state index in [-0.39, 0.29) is 0 Å². The largest absolute Gasteiger partial charge is 0.416 e. The van der Waals surface area contributed by atoms with Crippen LogP contribution in [-0.4, -0.2) is 0 Å². The van der Waals surface area contributed by atoms with E-state index in [0.29, 0.717) is 5.39 Å². The molecular weight excluding hydrogens is 561 g/mol. The predicted molar refractivity (Wildman–Crippen MR) is 183 cm³/mol. The van der Waals surface area contributed by atoms with Gasteiger partial charge in [-0.3, -0.25) is 0 Å². The van der Waals surface area contributed by atoms with Crippen LogP contribution < -0.4 is 0 Å². The molecule has 0 amide bonds. The van der Waals surface area contributed by atoms with Crippen molar-refractivity contribution in [1.29, 1.82) is 0 Å². The molecule has 0 aromatic heterocycles. The van der Waals surface area contributed by atoms with Crippen LogP contribution in [0.4, 0.5) is 13.2 Å². The molecule has 0 aliphatic rings. The third kappa shape index (κ3) is 4.63. The summed E-state index contributed by atoms with van der Waals surface area (Å²) in [7, 11) is 0. The lowest BCUT2D eigenvalue weighted by Crippen LogP contribution is -2.05. The second-order valence-corrected chi connectivity index (χ2v) is 11.7. The van der Waals surface area contributed by atoms with E-state index in [2.05, 4.69) is 78.9 Å². The van der Waals surface area contributed by atoms with Crippen molar-refractivity contribution in [2.24, 2.45) is 0 Å². The first kappa shape index (κ1) is 27.2. The molecule has 0 saturated carbocycles. The molecule has 0 bridgehead atoms. The average molecular weight is 589 g/mol. The Morgan fingerprint density at radius 3 is 1.78 bits per heavy atom. The minimum absolute atomic E-state index is 0.589. The fourth-order valence-electron chi connectivity index (χ4n) is 6.78. The van der Waals surface area contributed by atoms with E-state index >= 15 is 0 Å². The highest BCUT2D eigenvalue weighted by atomic mass is 19.4. The number of halogens is 3. The van der Waals surface area contributed by atoms with Gasteiger partial charge in [-0.1, -0.05) is 133 Å². The lowest BCUT2D eigenvalue weighted by atomic mass is 9.84. The molecule has 0 atom stereocenters. The van der Waals surface area contributed by atoms with Gasteiger partial charge < -0.3 is 0 Å². The zero-order valence-electron chi connectivity index (χ0n) is 24.5. The minimum atomic E-state index is -4.46. The van der Waals surface area contributed by atoms with E-state index in [1.54, 1.807) is 6.07 Å². The maximum absolute atomic E-state index is 14.2. The van der Waals surface area contributed by atoms with Crippen LogP contribution in [0.25, 0.3) is 76.5 Å². The second kappa shape index (κ2) is 10.3. The summed E-state index contributed by atoms with van der Waals surface area (Å²) in [5.41, 5.74) is 6.24. The molecule has 8 rings (SSSR count). The Bertz CT molecular complexity index is 2410. The van der Waals surface area contributed by atoms with Crippen LogP contribution in [0.1, 0.15) is 11.1 Å². The van der Waals surface area contributed by atoms with Gasteiger partial charge in [-0.2, -0.15) is 13.2 Å². The highest BCUT2D eigenvalue weighted by molar-refractivity contribution is 6.22. The summed E-state index contributed by atoms with van der Waals surface area (Å²) in [6.45, 7) is 2.03. The van der Waals surface area contributed by atoms with E-state index in [1.807, 2.05) is 55.5 Å². The number of fused-ring (bicyclic) bond motifs is 4. The van der Waals surface area contributed by atoms with Crippen LogP contribution in [-0.2, 0) is 6.18 Å². The molecular formula is C42H27F3. The third-order valence-electron chi connectivity index (χ3n) is 8.91. The summed E-state index contributed by atoms with van der Waals surface area (Å²) in [6.07, 6.45) is -4.46. The monoisotopic (exact) mass is 588 g/mol. The van der Waals surface area contributed by atoms with Gasteiger partial charge >= 0.3 is 6.18 Å². The van der Waals surface area contributed by atoms with Crippen molar-refractivity contribution in [3.63, 3.8) is 0 Å². The summed E-state index contributed by atoms with van der Waals surface area (Å²) >= 11 is 0. The molecule has 3 heteroatoms. The molecule has 0 spiro atoms. The Morgan fingerprint density at radius 1 is 0.400 bits per heavy atom. The number of hydrogen-bond donors (Lipinski definition) is 0. The van der Waals surface area contributed by atoms with Crippen molar-refractivity contribution in [2.45, 2.75) is 13.1 Å². The number of aryl methyl sites for hydroxylation is 1. The molecule has 0 saturated heterocycles. The quantitative estimate of drug-likeness (QED) is 0.180. The van der Waals surface area contributed by atoms with Gasteiger partial charge in [0.1, 0.15) is 0 Å². The van der Waals surface area contributed by atoms with Crippen LogP contribution in [0.15, 0.2) is 146 Å². The summed E-state index contributed by atoms with van der Waals surface area (Å²) in [4.78, 5) is 0. The number of hydrogen-bond acceptors (Lipinski definition) is 0. The highest BCUT2D eigenvalue weighted by Gasteiger charge is 2.31. The van der Waals surface area contributed by atoms with Crippen LogP contribution >= 0.6 is 0 Å². The standard InChI is InChI=1S/C42H27F3/c1-26-13-21-36-38(23-26)41(32-19-14-27-7-2-3-9-31(27)24-32)39-25-33(42(43,44)45)20-22-37(39)40(36)30-17-15-29(16-18-30)35-12-6-10-28-8-4-5-11-34(28)35/h2-25H,1H3. The minimum Gasteiger partial charge on any atom is -0.166 e. The van der Waals surface area contributed by atoms with Gasteiger partial charge in [-0.15, -0.1) is 0 Å². The Balaban J connectivity index is 1.42. The molecule has 216 valence electrons. The van der Waals surface area contributed by atoms with Gasteiger partial charge in [-0.05, 0) is 102 Å². The summed E-state index contributed by atoms with van der Waals surface area (Å²) < 4.78 is 42.5. The van der Waals surface area contributed by atoms with Crippen molar-refractivity contribution < 1.29 is 13.2 Å². The fourth-order valence-corrected chi connectivity index (χ4v) is 6.78. The van der Waals surface area contributed by atoms with Crippen molar-refractivity contribution in [2.75, 3.05) is 0 Å². The van der Waals surface area contributed by atoms with Crippen LogP contribution in [0.3, 0.4) is 0 Å². The SMILES string of the molecule is Cc1ccc2c(-c3ccc(-c4cccc5ccccc45)cc3)c3ccc(C(F)(F)F)cc3c(-c3ccc4ccccc4c3)c2c1. The van der Waals surface area contributed by atoms with E-state index in [4.69, 9.17) is 0 Å². The fraction of sp³-hybridized carbons (Fsp3) is 0.0476. The maximum Gasteiger partial charge on any atom is 0.416 e. The summed E-state index contributed by atoms with van der Waals surface area (Å²) in [5, 5.41) is 7.81. The van der Waals surface area contributed by atoms with E-state index in [0.717, 1.165) is 65.9 Å². The Kier molecular flexibility index (Phi) is 6.25. The van der Waals surface area contributed by atoms with Crippen LogP contribution in [0.2, 0.25) is 0 Å². The Hall–Kier alpha value is -5.41. The number of rotatable bonds is 3. The zero-order valence-corrected chi connectivity index (χ0v) is 24.5. The normalized spacial score (nSPS) is 12.0. The number of benzene rings is 8. The third-order valence-corrected chi connectivity index (χ3v) is 8.91. The first-order valence-electron chi connectivity index (χ1n) is 15.0. The molecule has 0 heterocycles.